The van der Waals surface area contributed by atoms with Crippen LogP contribution in [0.2, 0.25) is 0 Å². The molecule has 1 aliphatic heterocycles. The number of benzene rings is 1. The number of hydrogen-bond acceptors (Lipinski definition) is 5. The molecule has 7 nitrogen and oxygen atoms in total. The molecular formula is C12H17N3O4S. The Morgan fingerprint density at radius 2 is 1.80 bits per heavy atom. The number of hydrogen-bond donors (Lipinski definition) is 1. The van der Waals surface area contributed by atoms with Crippen LogP contribution in [0.25, 0.3) is 0 Å². The summed E-state index contributed by atoms with van der Waals surface area (Å²) in [5.74, 6) is 0. The van der Waals surface area contributed by atoms with Gasteiger partial charge in [-0.15, -0.1) is 0 Å². The lowest BCUT2D eigenvalue weighted by Gasteiger charge is -2.37. The molecule has 0 bridgehead atoms. The maximum atomic E-state index is 12.7. The molecule has 1 saturated heterocycles. The smallest absolute Gasteiger partial charge is 0.289 e. The average molecular weight is 299 g/mol. The second kappa shape index (κ2) is 5.47. The average Bonchev–Trinajstić information content (AvgIpc) is 2.38. The van der Waals surface area contributed by atoms with Crippen molar-refractivity contribution >= 4 is 15.7 Å². The van der Waals surface area contributed by atoms with Gasteiger partial charge in [-0.25, -0.2) is 8.42 Å². The van der Waals surface area contributed by atoms with Crippen molar-refractivity contribution in [3.63, 3.8) is 0 Å². The Morgan fingerprint density at radius 1 is 1.25 bits per heavy atom. The Bertz CT molecular complexity index is 607. The summed E-state index contributed by atoms with van der Waals surface area (Å²) < 4.78 is 26.8. The summed E-state index contributed by atoms with van der Waals surface area (Å²) in [6, 6.07) is 4.96. The van der Waals surface area contributed by atoms with Gasteiger partial charge in [-0.05, 0) is 19.9 Å². The molecule has 0 aliphatic carbocycles. The molecule has 1 aromatic rings. The lowest BCUT2D eigenvalue weighted by molar-refractivity contribution is -0.387. The first-order chi connectivity index (χ1) is 9.35. The van der Waals surface area contributed by atoms with Crippen molar-refractivity contribution in [3.05, 3.63) is 34.4 Å². The molecule has 110 valence electrons. The van der Waals surface area contributed by atoms with Crippen molar-refractivity contribution < 1.29 is 13.3 Å². The summed E-state index contributed by atoms with van der Waals surface area (Å²) in [5.41, 5.74) is -0.384. The van der Waals surface area contributed by atoms with Crippen molar-refractivity contribution in [2.45, 2.75) is 30.8 Å². The first kappa shape index (κ1) is 14.9. The summed E-state index contributed by atoms with van der Waals surface area (Å²) in [7, 11) is -3.88. The molecule has 1 aliphatic rings. The van der Waals surface area contributed by atoms with E-state index in [1.165, 1.54) is 28.6 Å². The van der Waals surface area contributed by atoms with Crippen molar-refractivity contribution in [2.24, 2.45) is 0 Å². The summed E-state index contributed by atoms with van der Waals surface area (Å²) >= 11 is 0. The van der Waals surface area contributed by atoms with Crippen molar-refractivity contribution in [2.75, 3.05) is 13.1 Å². The van der Waals surface area contributed by atoms with Gasteiger partial charge in [0.15, 0.2) is 4.90 Å². The topological polar surface area (TPSA) is 92.6 Å². The van der Waals surface area contributed by atoms with Crippen LogP contribution in [0.3, 0.4) is 0 Å². The lowest BCUT2D eigenvalue weighted by Crippen LogP contribution is -2.57. The van der Waals surface area contributed by atoms with E-state index in [0.717, 1.165) is 0 Å². The maximum absolute atomic E-state index is 12.7. The minimum atomic E-state index is -3.88. The number of para-hydroxylation sites is 1. The summed E-state index contributed by atoms with van der Waals surface area (Å²) in [6.45, 7) is 4.64. The van der Waals surface area contributed by atoms with Crippen LogP contribution < -0.4 is 5.32 Å². The highest BCUT2D eigenvalue weighted by Crippen LogP contribution is 2.29. The third-order valence-electron chi connectivity index (χ3n) is 3.37. The number of sulfonamides is 1. The van der Waals surface area contributed by atoms with Crippen LogP contribution in [-0.2, 0) is 10.0 Å². The molecule has 0 spiro atoms. The van der Waals surface area contributed by atoms with Gasteiger partial charge in [0, 0.05) is 31.2 Å². The molecule has 1 N–H and O–H groups in total. The van der Waals surface area contributed by atoms with E-state index >= 15 is 0 Å². The summed E-state index contributed by atoms with van der Waals surface area (Å²) in [6.07, 6.45) is 0. The Morgan fingerprint density at radius 3 is 2.35 bits per heavy atom. The molecular weight excluding hydrogens is 282 g/mol. The van der Waals surface area contributed by atoms with Gasteiger partial charge in [0.2, 0.25) is 10.0 Å². The highest BCUT2D eigenvalue weighted by Gasteiger charge is 2.38. The fourth-order valence-electron chi connectivity index (χ4n) is 2.53. The maximum Gasteiger partial charge on any atom is 0.289 e. The third kappa shape index (κ3) is 2.54. The Hall–Kier alpha value is -1.51. The highest BCUT2D eigenvalue weighted by molar-refractivity contribution is 7.89. The van der Waals surface area contributed by atoms with Gasteiger partial charge in [0.1, 0.15) is 0 Å². The molecule has 2 unspecified atom stereocenters. The van der Waals surface area contributed by atoms with Crippen molar-refractivity contribution in [1.29, 1.82) is 0 Å². The molecule has 1 heterocycles. The molecule has 20 heavy (non-hydrogen) atoms. The fourth-order valence-corrected chi connectivity index (χ4v) is 4.51. The molecule has 0 aromatic heterocycles. The second-order valence-corrected chi connectivity index (χ2v) is 6.73. The van der Waals surface area contributed by atoms with Gasteiger partial charge in [-0.1, -0.05) is 12.1 Å². The Balaban J connectivity index is 2.52. The first-order valence-electron chi connectivity index (χ1n) is 6.33. The molecule has 2 rings (SSSR count). The zero-order valence-corrected chi connectivity index (χ0v) is 12.1. The molecule has 0 radical (unpaired) electrons. The second-order valence-electron chi connectivity index (χ2n) is 4.92. The van der Waals surface area contributed by atoms with E-state index in [9.17, 15) is 18.5 Å². The quantitative estimate of drug-likeness (QED) is 0.663. The zero-order chi connectivity index (χ0) is 14.9. The molecule has 1 fully saturated rings. The van der Waals surface area contributed by atoms with Gasteiger partial charge in [0.05, 0.1) is 4.92 Å². The molecule has 2 atom stereocenters. The van der Waals surface area contributed by atoms with Gasteiger partial charge in [0.25, 0.3) is 5.69 Å². The molecule has 8 heteroatoms. The normalized spacial score (nSPS) is 24.5. The van der Waals surface area contributed by atoms with Gasteiger partial charge < -0.3 is 5.32 Å². The summed E-state index contributed by atoms with van der Waals surface area (Å²) in [5, 5.41) is 14.2. The third-order valence-corrected chi connectivity index (χ3v) is 5.54. The first-order valence-corrected chi connectivity index (χ1v) is 7.77. The lowest BCUT2D eigenvalue weighted by atomic mass is 10.2. The molecule has 1 aromatic carbocycles. The minimum absolute atomic E-state index is 0.245. The van der Waals surface area contributed by atoms with Crippen LogP contribution in [-0.4, -0.2) is 42.8 Å². The van der Waals surface area contributed by atoms with Crippen LogP contribution in [0.4, 0.5) is 5.69 Å². The predicted molar refractivity (Wildman–Crippen MR) is 73.9 cm³/mol. The fraction of sp³-hybridized carbons (Fsp3) is 0.500. The number of nitrogens with zero attached hydrogens (tertiary/aromatic N) is 2. The molecule has 0 amide bonds. The minimum Gasteiger partial charge on any atom is -0.314 e. The van der Waals surface area contributed by atoms with Gasteiger partial charge in [-0.2, -0.15) is 4.31 Å². The van der Waals surface area contributed by atoms with Gasteiger partial charge in [-0.3, -0.25) is 10.1 Å². The zero-order valence-electron chi connectivity index (χ0n) is 11.3. The van der Waals surface area contributed by atoms with Gasteiger partial charge >= 0.3 is 0 Å². The Kier molecular flexibility index (Phi) is 4.07. The SMILES string of the molecule is CC1CNCC(C)N1S(=O)(=O)c1ccccc1[N+](=O)[O-]. The highest BCUT2D eigenvalue weighted by atomic mass is 32.2. The van der Waals surface area contributed by atoms with Crippen LogP contribution in [0.1, 0.15) is 13.8 Å². The molecule has 0 saturated carbocycles. The van der Waals surface area contributed by atoms with E-state index in [-0.39, 0.29) is 22.7 Å². The van der Waals surface area contributed by atoms with Crippen molar-refractivity contribution in [1.82, 2.24) is 9.62 Å². The van der Waals surface area contributed by atoms with Crippen LogP contribution >= 0.6 is 0 Å². The summed E-state index contributed by atoms with van der Waals surface area (Å²) in [4.78, 5) is 10.1. The standard InChI is InChI=1S/C12H17N3O4S/c1-9-7-13-8-10(2)14(9)20(18,19)12-6-4-3-5-11(12)15(16)17/h3-6,9-10,13H,7-8H2,1-2H3. The van der Waals surface area contributed by atoms with E-state index in [1.807, 2.05) is 0 Å². The van der Waals surface area contributed by atoms with E-state index in [0.29, 0.717) is 13.1 Å². The predicted octanol–water partition coefficient (Wildman–Crippen LogP) is 0.966. The largest absolute Gasteiger partial charge is 0.314 e. The van der Waals surface area contributed by atoms with E-state index < -0.39 is 14.9 Å². The van der Waals surface area contributed by atoms with Crippen molar-refractivity contribution in [3.8, 4) is 0 Å². The number of nitro benzene ring substituents is 1. The number of nitro groups is 1. The van der Waals surface area contributed by atoms with E-state index in [1.54, 1.807) is 13.8 Å². The number of rotatable bonds is 3. The van der Waals surface area contributed by atoms with Crippen LogP contribution in [0.15, 0.2) is 29.2 Å². The Labute approximate surface area is 117 Å². The number of nitrogens with one attached hydrogen (secondary N) is 1. The monoisotopic (exact) mass is 299 g/mol. The number of piperazine rings is 1. The van der Waals surface area contributed by atoms with Crippen LogP contribution in [0.5, 0.6) is 0 Å². The van der Waals surface area contributed by atoms with Crippen LogP contribution in [0, 0.1) is 10.1 Å². The van der Waals surface area contributed by atoms with E-state index in [4.69, 9.17) is 0 Å². The van der Waals surface area contributed by atoms with E-state index in [2.05, 4.69) is 5.32 Å².